The molecule has 2 aromatic heterocycles. The number of ether oxygens (including phenoxy) is 1. The molecule has 0 aliphatic heterocycles. The second-order valence-electron chi connectivity index (χ2n) is 6.19. The molecule has 0 atom stereocenters. The van der Waals surface area contributed by atoms with Crippen LogP contribution in [0.5, 0.6) is 5.75 Å². The third-order valence-corrected chi connectivity index (χ3v) is 4.34. The fourth-order valence-corrected chi connectivity index (χ4v) is 2.95. The standard InChI is InChI=1S/C21H14F3N3O2/c1-29-20-18(23)14(10-15(22)19(20)24)21(28)25-13-6-4-5-12(9-13)16-11-27-8-3-2-7-17(27)26-16/h2-11H,1H3,(H,25,28). The van der Waals surface area contributed by atoms with Gasteiger partial charge in [-0.2, -0.15) is 4.39 Å². The van der Waals surface area contributed by atoms with Crippen LogP contribution >= 0.6 is 0 Å². The Bertz CT molecular complexity index is 1200. The van der Waals surface area contributed by atoms with E-state index in [2.05, 4.69) is 15.0 Å². The molecule has 0 saturated carbocycles. The highest BCUT2D eigenvalue weighted by Crippen LogP contribution is 2.28. The molecule has 0 unspecified atom stereocenters. The SMILES string of the molecule is COc1c(F)c(F)cc(C(=O)Nc2cccc(-c3cn4ccccc4n3)c2)c1F. The van der Waals surface area contributed by atoms with Crippen molar-refractivity contribution < 1.29 is 22.7 Å². The number of hydrogen-bond donors (Lipinski definition) is 1. The Morgan fingerprint density at radius 3 is 2.66 bits per heavy atom. The number of anilines is 1. The highest BCUT2D eigenvalue weighted by Gasteiger charge is 2.23. The Hall–Kier alpha value is -3.81. The number of carbonyl (C=O) groups excluding carboxylic acids is 1. The number of pyridine rings is 1. The smallest absolute Gasteiger partial charge is 0.258 e. The van der Waals surface area contributed by atoms with E-state index >= 15 is 0 Å². The van der Waals surface area contributed by atoms with Crippen molar-refractivity contribution in [3.05, 3.63) is 83.9 Å². The third-order valence-electron chi connectivity index (χ3n) is 4.34. The molecule has 0 saturated heterocycles. The molecular formula is C21H14F3N3O2. The highest BCUT2D eigenvalue weighted by molar-refractivity contribution is 6.05. The summed E-state index contributed by atoms with van der Waals surface area (Å²) in [7, 11) is 0.987. The Kier molecular flexibility index (Phi) is 4.67. The van der Waals surface area contributed by atoms with Crippen molar-refractivity contribution >= 4 is 17.2 Å². The molecule has 0 aliphatic rings. The van der Waals surface area contributed by atoms with Crippen LogP contribution in [0.4, 0.5) is 18.9 Å². The number of nitrogens with one attached hydrogen (secondary N) is 1. The Labute approximate surface area is 163 Å². The lowest BCUT2D eigenvalue weighted by Gasteiger charge is -2.10. The predicted molar refractivity (Wildman–Crippen MR) is 101 cm³/mol. The van der Waals surface area contributed by atoms with Gasteiger partial charge in [-0.1, -0.05) is 18.2 Å². The van der Waals surface area contributed by atoms with Gasteiger partial charge < -0.3 is 14.5 Å². The highest BCUT2D eigenvalue weighted by atomic mass is 19.2. The number of nitrogens with zero attached hydrogens (tertiary/aromatic N) is 2. The molecule has 4 rings (SSSR count). The number of imidazole rings is 1. The monoisotopic (exact) mass is 397 g/mol. The molecule has 5 nitrogen and oxygen atoms in total. The van der Waals surface area contributed by atoms with Gasteiger partial charge in [0, 0.05) is 23.6 Å². The van der Waals surface area contributed by atoms with E-state index in [0.29, 0.717) is 17.4 Å². The zero-order chi connectivity index (χ0) is 20.5. The maximum atomic E-state index is 14.3. The zero-order valence-electron chi connectivity index (χ0n) is 15.1. The van der Waals surface area contributed by atoms with Gasteiger partial charge in [-0.15, -0.1) is 0 Å². The molecule has 2 aromatic carbocycles. The van der Waals surface area contributed by atoms with E-state index in [0.717, 1.165) is 18.3 Å². The van der Waals surface area contributed by atoms with Crippen molar-refractivity contribution in [2.75, 3.05) is 12.4 Å². The third kappa shape index (κ3) is 3.40. The number of amides is 1. The van der Waals surface area contributed by atoms with Gasteiger partial charge in [0.25, 0.3) is 5.91 Å². The van der Waals surface area contributed by atoms with Crippen LogP contribution in [-0.2, 0) is 0 Å². The number of benzene rings is 2. The molecule has 4 aromatic rings. The van der Waals surface area contributed by atoms with Crippen LogP contribution in [-0.4, -0.2) is 22.4 Å². The number of rotatable bonds is 4. The first-order valence-electron chi connectivity index (χ1n) is 8.55. The minimum Gasteiger partial charge on any atom is -0.491 e. The summed E-state index contributed by atoms with van der Waals surface area (Å²) >= 11 is 0. The maximum Gasteiger partial charge on any atom is 0.258 e. The average Bonchev–Trinajstić information content (AvgIpc) is 3.16. The lowest BCUT2D eigenvalue weighted by atomic mass is 10.1. The van der Waals surface area contributed by atoms with Crippen LogP contribution in [0.2, 0.25) is 0 Å². The molecule has 1 N–H and O–H groups in total. The van der Waals surface area contributed by atoms with Crippen LogP contribution in [0, 0.1) is 17.5 Å². The lowest BCUT2D eigenvalue weighted by Crippen LogP contribution is -2.15. The Morgan fingerprint density at radius 1 is 1.07 bits per heavy atom. The van der Waals surface area contributed by atoms with E-state index in [1.807, 2.05) is 35.0 Å². The van der Waals surface area contributed by atoms with E-state index in [4.69, 9.17) is 0 Å². The van der Waals surface area contributed by atoms with E-state index in [1.54, 1.807) is 24.3 Å². The summed E-state index contributed by atoms with van der Waals surface area (Å²) in [4.78, 5) is 16.9. The average molecular weight is 397 g/mol. The Balaban J connectivity index is 1.65. The maximum absolute atomic E-state index is 14.3. The van der Waals surface area contributed by atoms with Gasteiger partial charge in [-0.25, -0.2) is 13.8 Å². The molecule has 8 heteroatoms. The fraction of sp³-hybridized carbons (Fsp3) is 0.0476. The number of hydrogen-bond acceptors (Lipinski definition) is 3. The molecule has 0 radical (unpaired) electrons. The lowest BCUT2D eigenvalue weighted by molar-refractivity contribution is 0.102. The summed E-state index contributed by atoms with van der Waals surface area (Å²) in [5, 5.41) is 2.48. The second kappa shape index (κ2) is 7.31. The van der Waals surface area contributed by atoms with Crippen molar-refractivity contribution in [1.29, 1.82) is 0 Å². The normalized spacial score (nSPS) is 10.9. The van der Waals surface area contributed by atoms with Gasteiger partial charge in [0.15, 0.2) is 17.4 Å². The number of carbonyl (C=O) groups is 1. The summed E-state index contributed by atoms with van der Waals surface area (Å²) in [5.74, 6) is -6.04. The van der Waals surface area contributed by atoms with Gasteiger partial charge in [-0.05, 0) is 30.3 Å². The first kappa shape index (κ1) is 18.5. The summed E-state index contributed by atoms with van der Waals surface area (Å²) in [6.45, 7) is 0. The first-order valence-corrected chi connectivity index (χ1v) is 8.55. The number of halogens is 3. The van der Waals surface area contributed by atoms with Crippen LogP contribution < -0.4 is 10.1 Å². The number of methoxy groups -OCH3 is 1. The number of fused-ring (bicyclic) bond motifs is 1. The van der Waals surface area contributed by atoms with Crippen molar-refractivity contribution in [3.8, 4) is 17.0 Å². The van der Waals surface area contributed by atoms with Crippen LogP contribution in [0.25, 0.3) is 16.9 Å². The molecule has 1 amide bonds. The molecule has 0 aliphatic carbocycles. The molecule has 0 fully saturated rings. The minimum atomic E-state index is -1.49. The van der Waals surface area contributed by atoms with Crippen molar-refractivity contribution in [2.24, 2.45) is 0 Å². The Morgan fingerprint density at radius 2 is 1.90 bits per heavy atom. The van der Waals surface area contributed by atoms with Crippen molar-refractivity contribution in [2.45, 2.75) is 0 Å². The van der Waals surface area contributed by atoms with Gasteiger partial charge in [0.2, 0.25) is 5.82 Å². The summed E-state index contributed by atoms with van der Waals surface area (Å²) < 4.78 is 48.0. The number of aromatic nitrogens is 2. The molecular weight excluding hydrogens is 383 g/mol. The van der Waals surface area contributed by atoms with Crippen molar-refractivity contribution in [3.63, 3.8) is 0 Å². The zero-order valence-corrected chi connectivity index (χ0v) is 15.1. The van der Waals surface area contributed by atoms with Crippen LogP contribution in [0.3, 0.4) is 0 Å². The molecule has 29 heavy (non-hydrogen) atoms. The summed E-state index contributed by atoms with van der Waals surface area (Å²) in [6, 6.07) is 12.8. The van der Waals surface area contributed by atoms with Gasteiger partial charge in [0.05, 0.1) is 18.4 Å². The topological polar surface area (TPSA) is 55.6 Å². The second-order valence-corrected chi connectivity index (χ2v) is 6.19. The van der Waals surface area contributed by atoms with Crippen LogP contribution in [0.15, 0.2) is 60.9 Å². The van der Waals surface area contributed by atoms with Gasteiger partial charge in [-0.3, -0.25) is 4.79 Å². The molecule has 146 valence electrons. The largest absolute Gasteiger partial charge is 0.491 e. The van der Waals surface area contributed by atoms with Gasteiger partial charge in [0.1, 0.15) is 5.65 Å². The van der Waals surface area contributed by atoms with E-state index < -0.39 is 34.7 Å². The summed E-state index contributed by atoms with van der Waals surface area (Å²) in [6.07, 6.45) is 3.69. The predicted octanol–water partition coefficient (Wildman–Crippen LogP) is 4.68. The fourth-order valence-electron chi connectivity index (χ4n) is 2.95. The van der Waals surface area contributed by atoms with E-state index in [9.17, 15) is 18.0 Å². The molecule has 0 bridgehead atoms. The van der Waals surface area contributed by atoms with E-state index in [1.165, 1.54) is 0 Å². The van der Waals surface area contributed by atoms with Crippen LogP contribution in [0.1, 0.15) is 10.4 Å². The van der Waals surface area contributed by atoms with Gasteiger partial charge >= 0.3 is 0 Å². The molecule has 2 heterocycles. The minimum absolute atomic E-state index is 0.340. The molecule has 0 spiro atoms. The quantitative estimate of drug-likeness (QED) is 0.509. The first-order chi connectivity index (χ1) is 14.0. The summed E-state index contributed by atoms with van der Waals surface area (Å²) in [5.41, 5.74) is 1.82. The van der Waals surface area contributed by atoms with Crippen molar-refractivity contribution in [1.82, 2.24) is 9.38 Å². The van der Waals surface area contributed by atoms with E-state index in [-0.39, 0.29) is 0 Å².